The van der Waals surface area contributed by atoms with Crippen LogP contribution in [-0.2, 0) is 7.05 Å². The number of nitrogen functional groups attached to an aromatic ring is 1. The van der Waals surface area contributed by atoms with E-state index in [0.29, 0.717) is 11.7 Å². The zero-order chi connectivity index (χ0) is 10.1. The second-order valence-corrected chi connectivity index (χ2v) is 4.84. The van der Waals surface area contributed by atoms with E-state index in [1.807, 2.05) is 11.7 Å². The maximum absolute atomic E-state index is 5.77. The first-order valence-corrected chi connectivity index (χ1v) is 5.97. The zero-order valence-electron chi connectivity index (χ0n) is 8.46. The summed E-state index contributed by atoms with van der Waals surface area (Å²) in [5.74, 6) is 1.26. The van der Waals surface area contributed by atoms with Crippen LogP contribution in [0.1, 0.15) is 43.7 Å². The second kappa shape index (κ2) is 3.93. The summed E-state index contributed by atoms with van der Waals surface area (Å²) in [4.78, 5) is 0. The molecule has 1 aliphatic rings. The smallest absolute Gasteiger partial charge is 0.160 e. The highest BCUT2D eigenvalue weighted by Crippen LogP contribution is 2.37. The minimum Gasteiger partial charge on any atom is -0.381 e. The van der Waals surface area contributed by atoms with Crippen LogP contribution in [0.4, 0.5) is 5.82 Å². The molecule has 3 nitrogen and oxygen atoms in total. The molecule has 1 aliphatic carbocycles. The Morgan fingerprint density at radius 2 is 2.00 bits per heavy atom. The van der Waals surface area contributed by atoms with Crippen molar-refractivity contribution in [1.82, 2.24) is 9.78 Å². The number of nitrogens with zero attached hydrogens (tertiary/aromatic N) is 2. The molecule has 0 spiro atoms. The van der Waals surface area contributed by atoms with Crippen molar-refractivity contribution in [3.8, 4) is 0 Å². The predicted molar refractivity (Wildman–Crippen MR) is 61.1 cm³/mol. The normalized spacial score (nSPS) is 18.7. The maximum atomic E-state index is 5.77. The number of hydrogen-bond acceptors (Lipinski definition) is 2. The molecule has 0 saturated heterocycles. The lowest BCUT2D eigenvalue weighted by atomic mass is 9.87. The maximum Gasteiger partial charge on any atom is 0.160 e. The highest BCUT2D eigenvalue weighted by molar-refractivity contribution is 9.10. The van der Waals surface area contributed by atoms with E-state index in [2.05, 4.69) is 21.0 Å². The van der Waals surface area contributed by atoms with E-state index in [1.165, 1.54) is 37.8 Å². The highest BCUT2D eigenvalue weighted by Gasteiger charge is 2.22. The van der Waals surface area contributed by atoms with Gasteiger partial charge in [0.15, 0.2) is 5.82 Å². The standard InChI is InChI=1S/C10H16BrN3/c1-14-9(8(11)10(12)13-14)7-5-3-2-4-6-7/h7H,2-6H2,1H3,(H2,12,13). The molecule has 1 aromatic heterocycles. The van der Waals surface area contributed by atoms with Crippen molar-refractivity contribution in [1.29, 1.82) is 0 Å². The van der Waals surface area contributed by atoms with Crippen LogP contribution in [-0.4, -0.2) is 9.78 Å². The molecule has 0 bridgehead atoms. The van der Waals surface area contributed by atoms with Gasteiger partial charge in [0, 0.05) is 13.0 Å². The van der Waals surface area contributed by atoms with Crippen LogP contribution in [0.15, 0.2) is 4.47 Å². The predicted octanol–water partition coefficient (Wildman–Crippen LogP) is 2.81. The molecule has 78 valence electrons. The first-order valence-electron chi connectivity index (χ1n) is 5.18. The minimum atomic E-state index is 0.619. The molecule has 2 N–H and O–H groups in total. The summed E-state index contributed by atoms with van der Waals surface area (Å²) >= 11 is 3.53. The highest BCUT2D eigenvalue weighted by atomic mass is 79.9. The Kier molecular flexibility index (Phi) is 2.81. The molecule has 0 atom stereocenters. The molecular weight excluding hydrogens is 242 g/mol. The van der Waals surface area contributed by atoms with Crippen LogP contribution in [0.5, 0.6) is 0 Å². The monoisotopic (exact) mass is 257 g/mol. The molecule has 1 fully saturated rings. The summed E-state index contributed by atoms with van der Waals surface area (Å²) in [6, 6.07) is 0. The lowest BCUT2D eigenvalue weighted by molar-refractivity contribution is 0.423. The van der Waals surface area contributed by atoms with Gasteiger partial charge in [0.2, 0.25) is 0 Å². The molecule has 0 aromatic carbocycles. The number of nitrogens with two attached hydrogens (primary N) is 1. The Hall–Kier alpha value is -0.510. The molecule has 0 unspecified atom stereocenters. The van der Waals surface area contributed by atoms with Crippen molar-refractivity contribution in [2.45, 2.75) is 38.0 Å². The van der Waals surface area contributed by atoms with Crippen molar-refractivity contribution in [2.75, 3.05) is 5.73 Å². The van der Waals surface area contributed by atoms with Crippen LogP contribution in [0.2, 0.25) is 0 Å². The van der Waals surface area contributed by atoms with Gasteiger partial charge in [0.1, 0.15) is 0 Å². The third kappa shape index (κ3) is 1.67. The molecular formula is C10H16BrN3. The number of hydrogen-bond donors (Lipinski definition) is 1. The number of aromatic nitrogens is 2. The first kappa shape index (κ1) is 10.0. The van der Waals surface area contributed by atoms with Gasteiger partial charge in [0.25, 0.3) is 0 Å². The molecule has 2 rings (SSSR count). The van der Waals surface area contributed by atoms with Crippen LogP contribution in [0, 0.1) is 0 Å². The number of aryl methyl sites for hydroxylation is 1. The number of rotatable bonds is 1. The Balaban J connectivity index is 2.29. The van der Waals surface area contributed by atoms with E-state index in [0.717, 1.165) is 4.47 Å². The van der Waals surface area contributed by atoms with Crippen LogP contribution in [0.25, 0.3) is 0 Å². The van der Waals surface area contributed by atoms with Gasteiger partial charge in [-0.15, -0.1) is 0 Å². The van der Waals surface area contributed by atoms with Gasteiger partial charge in [-0.25, -0.2) is 0 Å². The summed E-state index contributed by atoms with van der Waals surface area (Å²) in [5, 5.41) is 4.23. The van der Waals surface area contributed by atoms with E-state index in [1.54, 1.807) is 0 Å². The molecule has 4 heteroatoms. The summed E-state index contributed by atoms with van der Waals surface area (Å²) in [5.41, 5.74) is 7.05. The largest absolute Gasteiger partial charge is 0.381 e. The Labute approximate surface area is 92.8 Å². The van der Waals surface area contributed by atoms with Crippen molar-refractivity contribution in [2.24, 2.45) is 7.05 Å². The molecule has 14 heavy (non-hydrogen) atoms. The Bertz CT molecular complexity index is 326. The van der Waals surface area contributed by atoms with Gasteiger partial charge >= 0.3 is 0 Å². The Morgan fingerprint density at radius 3 is 2.50 bits per heavy atom. The lowest BCUT2D eigenvalue weighted by Crippen LogP contribution is -2.09. The van der Waals surface area contributed by atoms with Crippen molar-refractivity contribution in [3.63, 3.8) is 0 Å². The van der Waals surface area contributed by atoms with Gasteiger partial charge < -0.3 is 5.73 Å². The van der Waals surface area contributed by atoms with E-state index < -0.39 is 0 Å². The summed E-state index contributed by atoms with van der Waals surface area (Å²) in [7, 11) is 1.98. The first-order chi connectivity index (χ1) is 6.70. The van der Waals surface area contributed by atoms with E-state index in [4.69, 9.17) is 5.73 Å². The molecule has 1 saturated carbocycles. The fourth-order valence-corrected chi connectivity index (χ4v) is 3.01. The number of halogens is 1. The van der Waals surface area contributed by atoms with Crippen LogP contribution >= 0.6 is 15.9 Å². The molecule has 0 radical (unpaired) electrons. The summed E-state index contributed by atoms with van der Waals surface area (Å²) in [6.45, 7) is 0. The van der Waals surface area contributed by atoms with Crippen molar-refractivity contribution >= 4 is 21.7 Å². The molecule has 0 aliphatic heterocycles. The quantitative estimate of drug-likeness (QED) is 0.841. The Morgan fingerprint density at radius 1 is 1.36 bits per heavy atom. The molecule has 0 amide bonds. The van der Waals surface area contributed by atoms with Crippen molar-refractivity contribution < 1.29 is 0 Å². The summed E-state index contributed by atoms with van der Waals surface area (Å²) < 4.78 is 2.93. The third-order valence-corrected chi connectivity index (χ3v) is 3.86. The van der Waals surface area contributed by atoms with Gasteiger partial charge in [0.05, 0.1) is 10.2 Å². The van der Waals surface area contributed by atoms with E-state index in [-0.39, 0.29) is 0 Å². The zero-order valence-corrected chi connectivity index (χ0v) is 10.0. The van der Waals surface area contributed by atoms with Crippen LogP contribution in [0.3, 0.4) is 0 Å². The van der Waals surface area contributed by atoms with Crippen molar-refractivity contribution in [3.05, 3.63) is 10.2 Å². The molecule has 1 aromatic rings. The van der Waals surface area contributed by atoms with Gasteiger partial charge in [-0.05, 0) is 28.8 Å². The lowest BCUT2D eigenvalue weighted by Gasteiger charge is -2.22. The molecule has 1 heterocycles. The number of anilines is 1. The summed E-state index contributed by atoms with van der Waals surface area (Å²) in [6.07, 6.45) is 6.60. The van der Waals surface area contributed by atoms with Gasteiger partial charge in [-0.1, -0.05) is 19.3 Å². The van der Waals surface area contributed by atoms with E-state index in [9.17, 15) is 0 Å². The third-order valence-electron chi connectivity index (χ3n) is 3.05. The van der Waals surface area contributed by atoms with Crippen LogP contribution < -0.4 is 5.73 Å². The average molecular weight is 258 g/mol. The minimum absolute atomic E-state index is 0.619. The van der Waals surface area contributed by atoms with Gasteiger partial charge in [-0.3, -0.25) is 4.68 Å². The van der Waals surface area contributed by atoms with Gasteiger partial charge in [-0.2, -0.15) is 5.10 Å². The fraction of sp³-hybridized carbons (Fsp3) is 0.700. The van der Waals surface area contributed by atoms with E-state index >= 15 is 0 Å². The SMILES string of the molecule is Cn1nc(N)c(Br)c1C1CCCCC1. The topological polar surface area (TPSA) is 43.8 Å². The fourth-order valence-electron chi connectivity index (χ4n) is 2.35. The average Bonchev–Trinajstić information content (AvgIpc) is 2.43. The second-order valence-electron chi connectivity index (χ2n) is 4.04.